The van der Waals surface area contributed by atoms with Gasteiger partial charge in [-0.2, -0.15) is 4.98 Å². The van der Waals surface area contributed by atoms with Crippen molar-refractivity contribution in [2.45, 2.75) is 27.2 Å². The standard InChI is InChI=1S/C22H23N7O4/c1-4-32-22(31)29-12-18(25-13(29)2)27-19(30)8-10-24-21-17-11-16(20-26-14(3)33-28-20)6-5-15(17)7-9-23-21/h5-7,9,11-12H,4,8,10H2,1-3H3,(H,23,24)(H,27,30). The van der Waals surface area contributed by atoms with Gasteiger partial charge in [0.25, 0.3) is 0 Å². The van der Waals surface area contributed by atoms with Crippen molar-refractivity contribution in [3.63, 3.8) is 0 Å². The Labute approximate surface area is 189 Å². The molecule has 0 unspecified atom stereocenters. The first-order valence-corrected chi connectivity index (χ1v) is 10.4. The van der Waals surface area contributed by atoms with Crippen LogP contribution in [0.15, 0.2) is 41.2 Å². The van der Waals surface area contributed by atoms with E-state index in [9.17, 15) is 9.59 Å². The molecule has 0 aliphatic carbocycles. The molecular weight excluding hydrogens is 426 g/mol. The molecule has 0 saturated heterocycles. The highest BCUT2D eigenvalue weighted by Crippen LogP contribution is 2.26. The van der Waals surface area contributed by atoms with Gasteiger partial charge in [-0.25, -0.2) is 19.3 Å². The first-order valence-electron chi connectivity index (χ1n) is 10.4. The summed E-state index contributed by atoms with van der Waals surface area (Å²) in [4.78, 5) is 37.1. The zero-order valence-corrected chi connectivity index (χ0v) is 18.5. The van der Waals surface area contributed by atoms with Crippen molar-refractivity contribution in [2.75, 3.05) is 23.8 Å². The zero-order chi connectivity index (χ0) is 23.4. The minimum atomic E-state index is -0.540. The molecule has 11 nitrogen and oxygen atoms in total. The zero-order valence-electron chi connectivity index (χ0n) is 18.5. The second kappa shape index (κ2) is 9.47. The summed E-state index contributed by atoms with van der Waals surface area (Å²) in [6, 6.07) is 7.71. The van der Waals surface area contributed by atoms with Gasteiger partial charge in [0, 0.05) is 37.0 Å². The number of aromatic nitrogens is 5. The third kappa shape index (κ3) is 4.97. The minimum Gasteiger partial charge on any atom is -0.449 e. The van der Waals surface area contributed by atoms with E-state index < -0.39 is 6.09 Å². The molecule has 1 aromatic carbocycles. The Morgan fingerprint density at radius 1 is 1.18 bits per heavy atom. The fraction of sp³-hybridized carbons (Fsp3) is 0.273. The monoisotopic (exact) mass is 449 g/mol. The lowest BCUT2D eigenvalue weighted by atomic mass is 10.1. The van der Waals surface area contributed by atoms with Crippen molar-refractivity contribution in [1.82, 2.24) is 24.7 Å². The summed E-state index contributed by atoms with van der Waals surface area (Å²) in [6.45, 7) is 5.71. The quantitative estimate of drug-likeness (QED) is 0.434. The minimum absolute atomic E-state index is 0.174. The third-order valence-electron chi connectivity index (χ3n) is 4.81. The number of hydrogen-bond acceptors (Lipinski definition) is 9. The van der Waals surface area contributed by atoms with Gasteiger partial charge in [-0.05, 0) is 31.4 Å². The number of rotatable bonds is 7. The van der Waals surface area contributed by atoms with Crippen LogP contribution in [0, 0.1) is 13.8 Å². The van der Waals surface area contributed by atoms with Gasteiger partial charge in [0.05, 0.1) is 12.8 Å². The molecule has 0 aliphatic rings. The molecule has 0 radical (unpaired) electrons. The number of ether oxygens (including phenoxy) is 1. The molecule has 0 saturated carbocycles. The molecule has 0 spiro atoms. The largest absolute Gasteiger partial charge is 0.449 e. The summed E-state index contributed by atoms with van der Waals surface area (Å²) < 4.78 is 11.3. The van der Waals surface area contributed by atoms with Gasteiger partial charge >= 0.3 is 6.09 Å². The van der Waals surface area contributed by atoms with E-state index in [-0.39, 0.29) is 24.8 Å². The summed E-state index contributed by atoms with van der Waals surface area (Å²) in [6.07, 6.45) is 2.77. The van der Waals surface area contributed by atoms with Gasteiger partial charge in [-0.1, -0.05) is 17.3 Å². The van der Waals surface area contributed by atoms with Crippen LogP contribution < -0.4 is 10.6 Å². The number of amides is 1. The van der Waals surface area contributed by atoms with E-state index in [1.165, 1.54) is 10.8 Å². The van der Waals surface area contributed by atoms with Crippen LogP contribution in [-0.2, 0) is 9.53 Å². The molecule has 2 N–H and O–H groups in total. The van der Waals surface area contributed by atoms with E-state index in [0.717, 1.165) is 16.3 Å². The van der Waals surface area contributed by atoms with Crippen molar-refractivity contribution in [1.29, 1.82) is 0 Å². The van der Waals surface area contributed by atoms with Crippen LogP contribution in [0.3, 0.4) is 0 Å². The molecule has 3 heterocycles. The van der Waals surface area contributed by atoms with Gasteiger partial charge < -0.3 is 19.9 Å². The maximum atomic E-state index is 12.4. The molecular formula is C22H23N7O4. The molecule has 170 valence electrons. The fourth-order valence-corrected chi connectivity index (χ4v) is 3.28. The van der Waals surface area contributed by atoms with Crippen molar-refractivity contribution in [3.05, 3.63) is 48.4 Å². The van der Waals surface area contributed by atoms with Crippen molar-refractivity contribution < 1.29 is 18.8 Å². The van der Waals surface area contributed by atoms with Crippen molar-refractivity contribution >= 4 is 34.4 Å². The molecule has 0 fully saturated rings. The lowest BCUT2D eigenvalue weighted by Crippen LogP contribution is -2.17. The van der Waals surface area contributed by atoms with Crippen LogP contribution in [0.25, 0.3) is 22.2 Å². The van der Waals surface area contributed by atoms with E-state index >= 15 is 0 Å². The average Bonchev–Trinajstić information content (AvgIpc) is 3.39. The Balaban J connectivity index is 1.40. The summed E-state index contributed by atoms with van der Waals surface area (Å²) in [5.41, 5.74) is 0.806. The number of carbonyl (C=O) groups is 2. The summed E-state index contributed by atoms with van der Waals surface area (Å²) in [7, 11) is 0. The summed E-state index contributed by atoms with van der Waals surface area (Å²) in [5, 5.41) is 11.7. The first-order chi connectivity index (χ1) is 15.9. The van der Waals surface area contributed by atoms with Gasteiger partial charge in [-0.15, -0.1) is 0 Å². The summed E-state index contributed by atoms with van der Waals surface area (Å²) in [5.74, 6) is 2.09. The van der Waals surface area contributed by atoms with Crippen LogP contribution in [0.1, 0.15) is 25.1 Å². The van der Waals surface area contributed by atoms with Crippen molar-refractivity contribution in [2.24, 2.45) is 0 Å². The number of benzene rings is 1. The van der Waals surface area contributed by atoms with E-state index in [0.29, 0.717) is 29.9 Å². The molecule has 11 heteroatoms. The Morgan fingerprint density at radius 2 is 2.03 bits per heavy atom. The number of fused-ring (bicyclic) bond motifs is 1. The van der Waals surface area contributed by atoms with Gasteiger partial charge in [0.2, 0.25) is 17.6 Å². The predicted octanol–water partition coefficient (Wildman–Crippen LogP) is 3.54. The van der Waals surface area contributed by atoms with E-state index in [1.807, 2.05) is 24.3 Å². The second-order valence-electron chi connectivity index (χ2n) is 7.20. The molecule has 4 rings (SSSR count). The van der Waals surface area contributed by atoms with Crippen molar-refractivity contribution in [3.8, 4) is 11.4 Å². The Hall–Kier alpha value is -4.28. The van der Waals surface area contributed by atoms with E-state index in [4.69, 9.17) is 9.26 Å². The molecule has 1 amide bonds. The first kappa shape index (κ1) is 21.9. The SMILES string of the molecule is CCOC(=O)n1cc(NC(=O)CCNc2nccc3ccc(-c4noc(C)n4)cc23)nc1C. The Bertz CT molecular complexity index is 1310. The number of pyridine rings is 1. The normalized spacial score (nSPS) is 10.9. The van der Waals surface area contributed by atoms with Crippen LogP contribution >= 0.6 is 0 Å². The number of aryl methyl sites for hydroxylation is 2. The van der Waals surface area contributed by atoms with Crippen LogP contribution in [-0.4, -0.2) is 49.8 Å². The van der Waals surface area contributed by atoms with Gasteiger partial charge in [-0.3, -0.25) is 4.79 Å². The van der Waals surface area contributed by atoms with Gasteiger partial charge in [0.1, 0.15) is 11.6 Å². The average molecular weight is 449 g/mol. The number of imidazole rings is 1. The van der Waals surface area contributed by atoms with Crippen LogP contribution in [0.4, 0.5) is 16.4 Å². The Kier molecular flexibility index (Phi) is 6.29. The number of carbonyl (C=O) groups excluding carboxylic acids is 2. The number of nitrogens with zero attached hydrogens (tertiary/aromatic N) is 5. The highest BCUT2D eigenvalue weighted by Gasteiger charge is 2.14. The summed E-state index contributed by atoms with van der Waals surface area (Å²) >= 11 is 0. The molecule has 0 bridgehead atoms. The molecule has 0 aliphatic heterocycles. The van der Waals surface area contributed by atoms with Gasteiger partial charge in [0.15, 0.2) is 5.82 Å². The smallest absolute Gasteiger partial charge is 0.419 e. The topological polar surface area (TPSA) is 137 Å². The molecule has 3 aromatic heterocycles. The predicted molar refractivity (Wildman–Crippen MR) is 121 cm³/mol. The van der Waals surface area contributed by atoms with Crippen LogP contribution in [0.2, 0.25) is 0 Å². The third-order valence-corrected chi connectivity index (χ3v) is 4.81. The lowest BCUT2D eigenvalue weighted by Gasteiger charge is -2.09. The highest BCUT2D eigenvalue weighted by atomic mass is 16.5. The fourth-order valence-electron chi connectivity index (χ4n) is 3.28. The second-order valence-corrected chi connectivity index (χ2v) is 7.20. The van der Waals surface area contributed by atoms with Crippen LogP contribution in [0.5, 0.6) is 0 Å². The lowest BCUT2D eigenvalue weighted by molar-refractivity contribution is -0.116. The Morgan fingerprint density at radius 3 is 2.79 bits per heavy atom. The van der Waals surface area contributed by atoms with E-state index in [1.54, 1.807) is 27.0 Å². The molecule has 4 aromatic rings. The van der Waals surface area contributed by atoms with E-state index in [2.05, 4.69) is 30.7 Å². The molecule has 33 heavy (non-hydrogen) atoms. The highest BCUT2D eigenvalue weighted by molar-refractivity contribution is 5.95. The maximum absolute atomic E-state index is 12.4. The number of hydrogen-bond donors (Lipinski definition) is 2. The number of nitrogens with one attached hydrogen (secondary N) is 2. The number of anilines is 2. The maximum Gasteiger partial charge on any atom is 0.419 e. The molecule has 0 atom stereocenters.